The predicted molar refractivity (Wildman–Crippen MR) is 86.1 cm³/mol. The molecule has 0 aromatic carbocycles. The molecule has 0 saturated carbocycles. The summed E-state index contributed by atoms with van der Waals surface area (Å²) in [6, 6.07) is 5.99. The average Bonchev–Trinajstić information content (AvgIpc) is 3.04. The van der Waals surface area contributed by atoms with Crippen molar-refractivity contribution in [3.8, 4) is 11.3 Å². The van der Waals surface area contributed by atoms with Gasteiger partial charge in [0.2, 0.25) is 0 Å². The molecule has 0 unspecified atom stereocenters. The number of hydrogen-bond donors (Lipinski definition) is 0. The second-order valence-electron chi connectivity index (χ2n) is 5.99. The van der Waals surface area contributed by atoms with E-state index in [1.807, 2.05) is 19.1 Å². The number of anilines is 1. The lowest BCUT2D eigenvalue weighted by Gasteiger charge is -2.38. The molecule has 0 radical (unpaired) electrons. The first kappa shape index (κ1) is 14.5. The van der Waals surface area contributed by atoms with Crippen molar-refractivity contribution in [2.45, 2.75) is 25.6 Å². The van der Waals surface area contributed by atoms with Gasteiger partial charge in [0.15, 0.2) is 5.79 Å². The molecule has 2 aliphatic heterocycles. The SMILES string of the molecule is Cc1nc(-c2ccncc2)cc(N2CCC3(CC2)OCCO3)n1. The van der Waals surface area contributed by atoms with Crippen LogP contribution in [-0.2, 0) is 9.47 Å². The lowest BCUT2D eigenvalue weighted by atomic mass is 10.0. The molecule has 120 valence electrons. The van der Waals surface area contributed by atoms with Crippen LogP contribution in [0.3, 0.4) is 0 Å². The average molecular weight is 312 g/mol. The second-order valence-corrected chi connectivity index (χ2v) is 5.99. The molecular weight excluding hydrogens is 292 g/mol. The van der Waals surface area contributed by atoms with Crippen molar-refractivity contribution in [2.24, 2.45) is 0 Å². The van der Waals surface area contributed by atoms with Crippen LogP contribution in [0.1, 0.15) is 18.7 Å². The third-order valence-corrected chi connectivity index (χ3v) is 4.46. The van der Waals surface area contributed by atoms with E-state index in [0.717, 1.165) is 48.8 Å². The summed E-state index contributed by atoms with van der Waals surface area (Å²) in [7, 11) is 0. The third kappa shape index (κ3) is 2.92. The van der Waals surface area contributed by atoms with Gasteiger partial charge in [-0.15, -0.1) is 0 Å². The van der Waals surface area contributed by atoms with Gasteiger partial charge in [-0.2, -0.15) is 0 Å². The van der Waals surface area contributed by atoms with Crippen molar-refractivity contribution in [2.75, 3.05) is 31.2 Å². The van der Waals surface area contributed by atoms with E-state index in [4.69, 9.17) is 9.47 Å². The Morgan fingerprint density at radius 3 is 2.43 bits per heavy atom. The van der Waals surface area contributed by atoms with Crippen molar-refractivity contribution in [3.63, 3.8) is 0 Å². The van der Waals surface area contributed by atoms with Gasteiger partial charge in [-0.25, -0.2) is 9.97 Å². The summed E-state index contributed by atoms with van der Waals surface area (Å²) in [6.45, 7) is 5.11. The van der Waals surface area contributed by atoms with E-state index < -0.39 is 0 Å². The quantitative estimate of drug-likeness (QED) is 0.847. The Balaban J connectivity index is 1.56. The summed E-state index contributed by atoms with van der Waals surface area (Å²) in [5, 5.41) is 0. The van der Waals surface area contributed by atoms with Crippen molar-refractivity contribution < 1.29 is 9.47 Å². The molecule has 4 heterocycles. The number of ether oxygens (including phenoxy) is 2. The van der Waals surface area contributed by atoms with Gasteiger partial charge < -0.3 is 14.4 Å². The van der Waals surface area contributed by atoms with Gasteiger partial charge in [0.05, 0.1) is 18.9 Å². The molecule has 23 heavy (non-hydrogen) atoms. The highest BCUT2D eigenvalue weighted by atomic mass is 16.7. The van der Waals surface area contributed by atoms with Crippen molar-refractivity contribution in [1.29, 1.82) is 0 Å². The van der Waals surface area contributed by atoms with E-state index in [0.29, 0.717) is 13.2 Å². The van der Waals surface area contributed by atoms with Gasteiger partial charge in [-0.05, 0) is 19.1 Å². The number of piperidine rings is 1. The standard InChI is InChI=1S/C17H20N4O2/c1-13-19-15(14-2-6-18-7-3-14)12-16(20-13)21-8-4-17(5-9-21)22-10-11-23-17/h2-3,6-7,12H,4-5,8-11H2,1H3. The van der Waals surface area contributed by atoms with Gasteiger partial charge >= 0.3 is 0 Å². The molecule has 0 amide bonds. The van der Waals surface area contributed by atoms with E-state index in [2.05, 4.69) is 25.9 Å². The molecule has 6 nitrogen and oxygen atoms in total. The Morgan fingerprint density at radius 2 is 1.74 bits per heavy atom. The van der Waals surface area contributed by atoms with Crippen LogP contribution in [0.4, 0.5) is 5.82 Å². The van der Waals surface area contributed by atoms with E-state index >= 15 is 0 Å². The molecule has 2 aromatic rings. The summed E-state index contributed by atoms with van der Waals surface area (Å²) >= 11 is 0. The Labute approximate surface area is 135 Å². The Bertz CT molecular complexity index is 676. The summed E-state index contributed by atoms with van der Waals surface area (Å²) in [6.07, 6.45) is 5.32. The molecule has 2 fully saturated rings. The zero-order valence-corrected chi connectivity index (χ0v) is 13.2. The number of hydrogen-bond acceptors (Lipinski definition) is 6. The molecule has 4 rings (SSSR count). The molecule has 2 aromatic heterocycles. The highest BCUT2D eigenvalue weighted by Crippen LogP contribution is 2.33. The Morgan fingerprint density at radius 1 is 1.04 bits per heavy atom. The lowest BCUT2D eigenvalue weighted by Crippen LogP contribution is -2.45. The fraction of sp³-hybridized carbons (Fsp3) is 0.471. The number of pyridine rings is 1. The summed E-state index contributed by atoms with van der Waals surface area (Å²) in [4.78, 5) is 15.5. The Kier molecular flexibility index (Phi) is 3.71. The summed E-state index contributed by atoms with van der Waals surface area (Å²) < 4.78 is 11.6. The maximum absolute atomic E-state index is 5.79. The van der Waals surface area contributed by atoms with Crippen molar-refractivity contribution in [3.05, 3.63) is 36.4 Å². The van der Waals surface area contributed by atoms with Crippen LogP contribution >= 0.6 is 0 Å². The molecular formula is C17H20N4O2. The molecule has 0 aliphatic carbocycles. The highest BCUT2D eigenvalue weighted by molar-refractivity contribution is 5.62. The lowest BCUT2D eigenvalue weighted by molar-refractivity contribution is -0.169. The summed E-state index contributed by atoms with van der Waals surface area (Å²) in [5.41, 5.74) is 1.99. The van der Waals surface area contributed by atoms with E-state index in [1.165, 1.54) is 0 Å². The van der Waals surface area contributed by atoms with Crippen LogP contribution in [0, 0.1) is 6.92 Å². The molecule has 6 heteroatoms. The van der Waals surface area contributed by atoms with Gasteiger partial charge in [-0.1, -0.05) is 0 Å². The van der Waals surface area contributed by atoms with Crippen molar-refractivity contribution >= 4 is 5.82 Å². The molecule has 0 N–H and O–H groups in total. The first-order valence-corrected chi connectivity index (χ1v) is 8.03. The van der Waals surface area contributed by atoms with Crippen LogP contribution in [-0.4, -0.2) is 47.0 Å². The van der Waals surface area contributed by atoms with Gasteiger partial charge in [-0.3, -0.25) is 4.98 Å². The van der Waals surface area contributed by atoms with Crippen molar-refractivity contribution in [1.82, 2.24) is 15.0 Å². The largest absolute Gasteiger partial charge is 0.356 e. The van der Waals surface area contributed by atoms with Gasteiger partial charge in [0.1, 0.15) is 11.6 Å². The number of aromatic nitrogens is 3. The highest BCUT2D eigenvalue weighted by Gasteiger charge is 2.40. The minimum absolute atomic E-state index is 0.355. The zero-order valence-electron chi connectivity index (χ0n) is 13.2. The summed E-state index contributed by atoms with van der Waals surface area (Å²) in [5.74, 6) is 1.40. The second kappa shape index (κ2) is 5.86. The van der Waals surface area contributed by atoms with Crippen LogP contribution in [0.25, 0.3) is 11.3 Å². The minimum Gasteiger partial charge on any atom is -0.356 e. The normalized spacial score (nSPS) is 20.1. The number of rotatable bonds is 2. The Hall–Kier alpha value is -2.05. The van der Waals surface area contributed by atoms with Crippen LogP contribution in [0.15, 0.2) is 30.6 Å². The predicted octanol–water partition coefficient (Wildman–Crippen LogP) is 2.19. The zero-order chi connectivity index (χ0) is 15.7. The van der Waals surface area contributed by atoms with Crippen LogP contribution in [0.5, 0.6) is 0 Å². The van der Waals surface area contributed by atoms with Gasteiger partial charge in [0, 0.05) is 50.0 Å². The fourth-order valence-electron chi connectivity index (χ4n) is 3.25. The van der Waals surface area contributed by atoms with Gasteiger partial charge in [0.25, 0.3) is 0 Å². The molecule has 2 saturated heterocycles. The molecule has 0 atom stereocenters. The maximum Gasteiger partial charge on any atom is 0.171 e. The van der Waals surface area contributed by atoms with Crippen LogP contribution in [0.2, 0.25) is 0 Å². The maximum atomic E-state index is 5.79. The third-order valence-electron chi connectivity index (χ3n) is 4.46. The minimum atomic E-state index is -0.355. The topological polar surface area (TPSA) is 60.4 Å². The smallest absolute Gasteiger partial charge is 0.171 e. The molecule has 0 bridgehead atoms. The molecule has 1 spiro atoms. The number of nitrogens with zero attached hydrogens (tertiary/aromatic N) is 4. The number of aryl methyl sites for hydroxylation is 1. The first-order chi connectivity index (χ1) is 11.2. The monoisotopic (exact) mass is 312 g/mol. The van der Waals surface area contributed by atoms with E-state index in [1.54, 1.807) is 12.4 Å². The van der Waals surface area contributed by atoms with E-state index in [-0.39, 0.29) is 5.79 Å². The fourth-order valence-corrected chi connectivity index (χ4v) is 3.25. The van der Waals surface area contributed by atoms with E-state index in [9.17, 15) is 0 Å². The first-order valence-electron chi connectivity index (χ1n) is 8.03. The van der Waals surface area contributed by atoms with Crippen LogP contribution < -0.4 is 4.90 Å². The molecule has 2 aliphatic rings.